The predicted octanol–water partition coefficient (Wildman–Crippen LogP) is 3.71. The third kappa shape index (κ3) is 1.74. The number of aromatic nitrogens is 1. The van der Waals surface area contributed by atoms with Gasteiger partial charge in [-0.05, 0) is 37.1 Å². The van der Waals surface area contributed by atoms with Crippen LogP contribution in [0.2, 0.25) is 0 Å². The first-order valence-corrected chi connectivity index (χ1v) is 6.05. The van der Waals surface area contributed by atoms with Gasteiger partial charge in [0.05, 0.1) is 6.07 Å². The molecule has 0 aliphatic rings. The molecule has 2 aromatic rings. The molecule has 0 unspecified atom stereocenters. The van der Waals surface area contributed by atoms with E-state index in [2.05, 4.69) is 58.7 Å². The largest absolute Gasteiger partial charge is 0.348 e. The number of nitrogens with zero attached hydrogens (tertiary/aromatic N) is 2. The van der Waals surface area contributed by atoms with Crippen molar-refractivity contribution >= 4 is 26.8 Å². The van der Waals surface area contributed by atoms with Gasteiger partial charge in [-0.25, -0.2) is 0 Å². The molecule has 2 rings (SSSR count). The van der Waals surface area contributed by atoms with Gasteiger partial charge in [-0.3, -0.25) is 0 Å². The number of aryl methyl sites for hydroxylation is 2. The number of hydrogen-bond donors (Lipinski definition) is 0. The number of nitriles is 1. The first kappa shape index (κ1) is 11.2. The lowest BCUT2D eigenvalue weighted by Gasteiger charge is -1.98. The Labute approximate surface area is 104 Å². The molecule has 1 aromatic carbocycles. The monoisotopic (exact) mass is 276 g/mol. The Hall–Kier alpha value is -1.27. The van der Waals surface area contributed by atoms with E-state index in [9.17, 15) is 0 Å². The van der Waals surface area contributed by atoms with Crippen molar-refractivity contribution in [2.24, 2.45) is 7.05 Å². The zero-order valence-corrected chi connectivity index (χ0v) is 11.0. The van der Waals surface area contributed by atoms with Crippen molar-refractivity contribution in [3.63, 3.8) is 0 Å². The highest BCUT2D eigenvalue weighted by atomic mass is 79.9. The zero-order valence-electron chi connectivity index (χ0n) is 9.42. The van der Waals surface area contributed by atoms with Crippen molar-refractivity contribution < 1.29 is 0 Å². The van der Waals surface area contributed by atoms with E-state index in [4.69, 9.17) is 5.26 Å². The lowest BCUT2D eigenvalue weighted by atomic mass is 10.1. The molecule has 1 aromatic heterocycles. The van der Waals surface area contributed by atoms with Gasteiger partial charge < -0.3 is 4.57 Å². The SMILES string of the molecule is Cc1c(CCC#N)c2cc(Br)ccc2n1C. The van der Waals surface area contributed by atoms with E-state index in [-0.39, 0.29) is 0 Å². The van der Waals surface area contributed by atoms with Crippen molar-refractivity contribution in [3.8, 4) is 6.07 Å². The van der Waals surface area contributed by atoms with E-state index in [1.807, 2.05) is 0 Å². The molecule has 1 heterocycles. The van der Waals surface area contributed by atoms with Crippen LogP contribution in [0.15, 0.2) is 22.7 Å². The third-order valence-corrected chi connectivity index (χ3v) is 3.56. The molecule has 2 nitrogen and oxygen atoms in total. The number of hydrogen-bond acceptors (Lipinski definition) is 1. The Morgan fingerprint density at radius 3 is 2.88 bits per heavy atom. The van der Waals surface area contributed by atoms with Gasteiger partial charge in [0.1, 0.15) is 0 Å². The smallest absolute Gasteiger partial charge is 0.0625 e. The zero-order chi connectivity index (χ0) is 11.7. The van der Waals surface area contributed by atoms with Gasteiger partial charge in [-0.2, -0.15) is 5.26 Å². The van der Waals surface area contributed by atoms with Crippen molar-refractivity contribution in [1.82, 2.24) is 4.57 Å². The van der Waals surface area contributed by atoms with Gasteiger partial charge in [-0.15, -0.1) is 0 Å². The van der Waals surface area contributed by atoms with Crippen LogP contribution < -0.4 is 0 Å². The molecule has 3 heteroatoms. The van der Waals surface area contributed by atoms with Gasteiger partial charge in [0, 0.05) is 34.5 Å². The summed E-state index contributed by atoms with van der Waals surface area (Å²) in [6.07, 6.45) is 1.41. The number of rotatable bonds is 2. The fourth-order valence-corrected chi connectivity index (χ4v) is 2.48. The van der Waals surface area contributed by atoms with Crippen LogP contribution in [-0.4, -0.2) is 4.57 Å². The van der Waals surface area contributed by atoms with E-state index >= 15 is 0 Å². The lowest BCUT2D eigenvalue weighted by molar-refractivity contribution is 0.888. The van der Waals surface area contributed by atoms with Crippen LogP contribution in [0.1, 0.15) is 17.7 Å². The average molecular weight is 277 g/mol. The molecule has 0 amide bonds. The minimum Gasteiger partial charge on any atom is -0.348 e. The van der Waals surface area contributed by atoms with Gasteiger partial charge in [-0.1, -0.05) is 15.9 Å². The van der Waals surface area contributed by atoms with Crippen LogP contribution in [-0.2, 0) is 13.5 Å². The van der Waals surface area contributed by atoms with Crippen LogP contribution in [0, 0.1) is 18.3 Å². The van der Waals surface area contributed by atoms with Crippen molar-refractivity contribution in [3.05, 3.63) is 33.9 Å². The minimum absolute atomic E-state index is 0.576. The van der Waals surface area contributed by atoms with Crippen molar-refractivity contribution in [2.45, 2.75) is 19.8 Å². The maximum atomic E-state index is 8.69. The molecule has 0 aliphatic heterocycles. The molecule has 0 aliphatic carbocycles. The standard InChI is InChI=1S/C13H13BrN2/c1-9-11(4-3-7-15)12-8-10(14)5-6-13(12)16(9)2/h5-6,8H,3-4H2,1-2H3. The highest BCUT2D eigenvalue weighted by molar-refractivity contribution is 9.10. The fraction of sp³-hybridized carbons (Fsp3) is 0.308. The number of benzene rings is 1. The maximum Gasteiger partial charge on any atom is 0.0625 e. The first-order valence-electron chi connectivity index (χ1n) is 5.25. The lowest BCUT2D eigenvalue weighted by Crippen LogP contribution is -1.92. The predicted molar refractivity (Wildman–Crippen MR) is 69.3 cm³/mol. The van der Waals surface area contributed by atoms with E-state index in [0.717, 1.165) is 10.9 Å². The quantitative estimate of drug-likeness (QED) is 0.822. The second-order valence-electron chi connectivity index (χ2n) is 3.94. The molecule has 0 saturated heterocycles. The van der Waals surface area contributed by atoms with Crippen LogP contribution >= 0.6 is 15.9 Å². The molecule has 0 atom stereocenters. The summed E-state index contributed by atoms with van der Waals surface area (Å²) in [5.74, 6) is 0. The molecule has 0 spiro atoms. The molecule has 82 valence electrons. The summed E-state index contributed by atoms with van der Waals surface area (Å²) in [6.45, 7) is 2.11. The summed E-state index contributed by atoms with van der Waals surface area (Å²) >= 11 is 3.49. The second kappa shape index (κ2) is 4.31. The van der Waals surface area contributed by atoms with E-state index in [1.165, 1.54) is 22.2 Å². The summed E-state index contributed by atoms with van der Waals surface area (Å²) in [5.41, 5.74) is 3.78. The number of fused-ring (bicyclic) bond motifs is 1. The second-order valence-corrected chi connectivity index (χ2v) is 4.86. The Bertz CT molecular complexity index is 576. The van der Waals surface area contributed by atoms with Gasteiger partial charge in [0.25, 0.3) is 0 Å². The number of halogens is 1. The molecular formula is C13H13BrN2. The molecule has 0 fully saturated rings. The maximum absolute atomic E-state index is 8.69. The molecule has 0 bridgehead atoms. The Morgan fingerprint density at radius 2 is 2.19 bits per heavy atom. The van der Waals surface area contributed by atoms with Crippen LogP contribution in [0.5, 0.6) is 0 Å². The molecule has 0 saturated carbocycles. The molecule has 0 radical (unpaired) electrons. The van der Waals surface area contributed by atoms with Crippen LogP contribution in [0.25, 0.3) is 10.9 Å². The summed E-state index contributed by atoms with van der Waals surface area (Å²) in [4.78, 5) is 0. The van der Waals surface area contributed by atoms with Crippen molar-refractivity contribution in [1.29, 1.82) is 5.26 Å². The topological polar surface area (TPSA) is 28.7 Å². The van der Waals surface area contributed by atoms with Gasteiger partial charge in [0.2, 0.25) is 0 Å². The van der Waals surface area contributed by atoms with E-state index in [0.29, 0.717) is 6.42 Å². The Kier molecular flexibility index (Phi) is 3.02. The molecular weight excluding hydrogens is 264 g/mol. The summed E-state index contributed by atoms with van der Waals surface area (Å²) < 4.78 is 3.28. The van der Waals surface area contributed by atoms with E-state index < -0.39 is 0 Å². The minimum atomic E-state index is 0.576. The van der Waals surface area contributed by atoms with Crippen molar-refractivity contribution in [2.75, 3.05) is 0 Å². The summed E-state index contributed by atoms with van der Waals surface area (Å²) in [6, 6.07) is 8.51. The molecule has 0 N–H and O–H groups in total. The highest BCUT2D eigenvalue weighted by Crippen LogP contribution is 2.28. The summed E-state index contributed by atoms with van der Waals surface area (Å²) in [7, 11) is 2.07. The van der Waals surface area contributed by atoms with E-state index in [1.54, 1.807) is 0 Å². The first-order chi connectivity index (χ1) is 7.65. The van der Waals surface area contributed by atoms with Gasteiger partial charge >= 0.3 is 0 Å². The van der Waals surface area contributed by atoms with Crippen LogP contribution in [0.4, 0.5) is 0 Å². The summed E-state index contributed by atoms with van der Waals surface area (Å²) in [5, 5.41) is 9.94. The highest BCUT2D eigenvalue weighted by Gasteiger charge is 2.11. The Balaban J connectivity index is 2.66. The van der Waals surface area contributed by atoms with Crippen LogP contribution in [0.3, 0.4) is 0 Å². The molecule has 16 heavy (non-hydrogen) atoms. The third-order valence-electron chi connectivity index (χ3n) is 3.07. The Morgan fingerprint density at radius 1 is 1.44 bits per heavy atom. The van der Waals surface area contributed by atoms with Gasteiger partial charge in [0.15, 0.2) is 0 Å². The fourth-order valence-electron chi connectivity index (χ4n) is 2.12. The average Bonchev–Trinajstić information content (AvgIpc) is 2.50. The normalized spacial score (nSPS) is 10.6.